The van der Waals surface area contributed by atoms with E-state index >= 15 is 0 Å². The maximum absolute atomic E-state index is 13.8. The number of carbonyl (C=O) groups excluding carboxylic acids is 4. The lowest BCUT2D eigenvalue weighted by Crippen LogP contribution is -2.53. The van der Waals surface area contributed by atoms with Crippen molar-refractivity contribution >= 4 is 23.5 Å². The molecular weight excluding hydrogens is 1170 g/mol. The van der Waals surface area contributed by atoms with Gasteiger partial charge in [0.2, 0.25) is 17.7 Å². The number of amides is 3. The number of carbonyl (C=O) groups is 4. The van der Waals surface area contributed by atoms with Crippen molar-refractivity contribution in [2.45, 2.75) is 461 Å². The van der Waals surface area contributed by atoms with Crippen molar-refractivity contribution in [2.75, 3.05) is 6.61 Å². The lowest BCUT2D eigenvalue weighted by atomic mass is 9.63. The molecule has 0 spiro atoms. The Labute approximate surface area is 579 Å². The van der Waals surface area contributed by atoms with Crippen molar-refractivity contribution in [3.05, 3.63) is 0 Å². The Morgan fingerprint density at radius 3 is 0.936 bits per heavy atom. The summed E-state index contributed by atoms with van der Waals surface area (Å²) in [7, 11) is 0. The highest BCUT2D eigenvalue weighted by Crippen LogP contribution is 2.47. The third kappa shape index (κ3) is 43.4. The molecule has 8 unspecified atom stereocenters. The average Bonchev–Trinajstić information content (AvgIpc) is 0.889. The van der Waals surface area contributed by atoms with Crippen LogP contribution in [0.5, 0.6) is 0 Å². The second kappa shape index (κ2) is 58.7. The summed E-state index contributed by atoms with van der Waals surface area (Å²) in [5.41, 5.74) is 0. The molecule has 3 amide bonds. The van der Waals surface area contributed by atoms with Crippen LogP contribution in [0.2, 0.25) is 0 Å². The van der Waals surface area contributed by atoms with Gasteiger partial charge in [0.25, 0.3) is 0 Å². The van der Waals surface area contributed by atoms with Crippen LogP contribution < -0.4 is 16.0 Å². The van der Waals surface area contributed by atoms with Gasteiger partial charge in [0.15, 0.2) is 0 Å². The van der Waals surface area contributed by atoms with E-state index in [1.807, 2.05) is 0 Å². The van der Waals surface area contributed by atoms with E-state index in [0.717, 1.165) is 217 Å². The summed E-state index contributed by atoms with van der Waals surface area (Å²) in [6.07, 6.45) is 63.2. The minimum absolute atomic E-state index is 0.00298. The van der Waals surface area contributed by atoms with E-state index < -0.39 is 24.4 Å². The molecule has 3 aliphatic rings. The number of rotatable bonds is 63. The molecule has 12 atom stereocenters. The molecule has 0 aromatic carbocycles. The van der Waals surface area contributed by atoms with Gasteiger partial charge in [-0.25, -0.2) is 0 Å². The zero-order valence-corrected chi connectivity index (χ0v) is 61.8. The molecule has 12 nitrogen and oxygen atoms in total. The summed E-state index contributed by atoms with van der Waals surface area (Å²) in [4.78, 5) is 53.9. The highest BCUT2D eigenvalue weighted by molar-refractivity contribution is 5.79. The zero-order chi connectivity index (χ0) is 67.9. The van der Waals surface area contributed by atoms with Crippen LogP contribution in [0.3, 0.4) is 0 Å². The maximum Gasteiger partial charge on any atom is 0.220 e. The third-order valence-electron chi connectivity index (χ3n) is 22.8. The first kappa shape index (κ1) is 86.1. The Balaban J connectivity index is 1.43. The molecule has 3 aliphatic carbocycles. The summed E-state index contributed by atoms with van der Waals surface area (Å²) in [6, 6.07) is 0.103. The molecule has 8 N–H and O–H groups in total. The van der Waals surface area contributed by atoms with Crippen LogP contribution in [-0.2, 0) is 19.2 Å². The number of hydrogen-bond acceptors (Lipinski definition) is 9. The second-order valence-corrected chi connectivity index (χ2v) is 31.1. The number of aliphatic hydroxyl groups is 5. The molecule has 0 heterocycles. The molecule has 0 aliphatic heterocycles. The smallest absolute Gasteiger partial charge is 0.220 e. The molecule has 0 bridgehead atoms. The minimum Gasteiger partial charge on any atom is -0.396 e. The highest BCUT2D eigenvalue weighted by atomic mass is 16.3. The normalized spacial score (nSPS) is 22.2. The van der Waals surface area contributed by atoms with E-state index in [2.05, 4.69) is 36.7 Å². The number of Topliss-reactive ketones (excluding diaryl/α,β-unsaturated/α-hetero) is 1. The first-order valence-electron chi connectivity index (χ1n) is 41.6. The van der Waals surface area contributed by atoms with Crippen LogP contribution in [0, 0.1) is 29.6 Å². The molecule has 0 radical (unpaired) electrons. The van der Waals surface area contributed by atoms with E-state index in [0.29, 0.717) is 75.4 Å². The fourth-order valence-corrected chi connectivity index (χ4v) is 16.7. The summed E-state index contributed by atoms with van der Waals surface area (Å²) in [5.74, 6) is 3.97. The van der Waals surface area contributed by atoms with E-state index in [-0.39, 0.29) is 48.4 Å². The molecule has 94 heavy (non-hydrogen) atoms. The Morgan fingerprint density at radius 2 is 0.574 bits per heavy atom. The van der Waals surface area contributed by atoms with E-state index in [4.69, 9.17) is 5.11 Å². The molecule has 12 heteroatoms. The summed E-state index contributed by atoms with van der Waals surface area (Å²) in [5, 5.41) is 60.5. The van der Waals surface area contributed by atoms with Gasteiger partial charge in [-0.05, 0) is 126 Å². The zero-order valence-electron chi connectivity index (χ0n) is 61.8. The number of ketones is 1. The van der Waals surface area contributed by atoms with Gasteiger partial charge in [-0.1, -0.05) is 290 Å². The first-order chi connectivity index (χ1) is 45.9. The molecule has 0 aromatic heterocycles. The standard InChI is InChI=1S/C82H155N3O9/c1-4-7-10-13-22-30-47-67-64-69(49-38-41-52-72(87)66-71-51-39-42-53-73(71)83-80(92)60-36-26-19-15-17-24-33-57-77(89)76(88)56-32-21-12-9-6-3)70(65-68(67)48-31-23-14-11-8-5-2)50-40-45-62-82(94)85-75-55-44-43-54-74(75)84-81(93)61-37-27-20-16-18-25-34-58-78(90)79(91)59-35-28-29-46-63-86/h67-71,73-79,86,88-91H,4-66H2,1-3H3,(H,83,92)(H,84,93)(H,85,94)/t67?,68?,69?,70?,71-,73-,74+,75-,76?,77?,78?,79?/m0/s1. The number of hydrogen-bond donors (Lipinski definition) is 8. The molecule has 3 saturated carbocycles. The molecular formula is C82H155N3O9. The lowest BCUT2D eigenvalue weighted by Gasteiger charge is -2.42. The summed E-state index contributed by atoms with van der Waals surface area (Å²) < 4.78 is 0. The van der Waals surface area contributed by atoms with Crippen molar-refractivity contribution in [1.82, 2.24) is 16.0 Å². The maximum atomic E-state index is 13.8. The SMILES string of the molecule is CCCCCCCCC1CC(CCCCC(=O)C[C@@H]2CCCC[C@@H]2NC(=O)CCCCCCCCCC(O)C(O)CCCCCCC)C(CCCCC(=O)N[C@H]2CCCC[C@H]2NC(=O)CCCCCCCCCC(O)C(O)CCCCCCO)CC1CCCCCCCC. The first-order valence-corrected chi connectivity index (χ1v) is 41.6. The van der Waals surface area contributed by atoms with Crippen LogP contribution in [0.25, 0.3) is 0 Å². The van der Waals surface area contributed by atoms with Gasteiger partial charge in [-0.3, -0.25) is 19.2 Å². The molecule has 3 fully saturated rings. The van der Waals surface area contributed by atoms with Crippen molar-refractivity contribution in [1.29, 1.82) is 0 Å². The van der Waals surface area contributed by atoms with Gasteiger partial charge in [-0.15, -0.1) is 0 Å². The molecule has 552 valence electrons. The van der Waals surface area contributed by atoms with Crippen LogP contribution in [-0.4, -0.2) is 98.2 Å². The Kier molecular flexibility index (Phi) is 53.7. The van der Waals surface area contributed by atoms with Crippen molar-refractivity contribution in [2.24, 2.45) is 29.6 Å². The second-order valence-electron chi connectivity index (χ2n) is 31.1. The minimum atomic E-state index is -0.658. The van der Waals surface area contributed by atoms with Gasteiger partial charge >= 0.3 is 0 Å². The van der Waals surface area contributed by atoms with Crippen LogP contribution in [0.15, 0.2) is 0 Å². The Hall–Kier alpha value is -2.12. The predicted molar refractivity (Wildman–Crippen MR) is 393 cm³/mol. The van der Waals surface area contributed by atoms with Crippen LogP contribution in [0.4, 0.5) is 0 Å². The van der Waals surface area contributed by atoms with Gasteiger partial charge in [-0.2, -0.15) is 0 Å². The summed E-state index contributed by atoms with van der Waals surface area (Å²) >= 11 is 0. The molecule has 0 saturated heterocycles. The van der Waals surface area contributed by atoms with Crippen LogP contribution >= 0.6 is 0 Å². The fourth-order valence-electron chi connectivity index (χ4n) is 16.7. The molecule has 0 aromatic rings. The van der Waals surface area contributed by atoms with Crippen molar-refractivity contribution < 1.29 is 44.7 Å². The molecule has 3 rings (SSSR count). The van der Waals surface area contributed by atoms with Gasteiger partial charge in [0.1, 0.15) is 5.78 Å². The van der Waals surface area contributed by atoms with E-state index in [1.54, 1.807) is 0 Å². The number of aliphatic hydroxyl groups excluding tert-OH is 5. The van der Waals surface area contributed by atoms with Crippen molar-refractivity contribution in [3.8, 4) is 0 Å². The van der Waals surface area contributed by atoms with E-state index in [9.17, 15) is 39.6 Å². The lowest BCUT2D eigenvalue weighted by molar-refractivity contribution is -0.125. The number of unbranched alkanes of at least 4 members (excludes halogenated alkanes) is 31. The topological polar surface area (TPSA) is 206 Å². The van der Waals surface area contributed by atoms with E-state index in [1.165, 1.54) is 135 Å². The third-order valence-corrected chi connectivity index (χ3v) is 22.8. The van der Waals surface area contributed by atoms with Gasteiger partial charge in [0, 0.05) is 56.8 Å². The Bertz CT molecular complexity index is 1680. The largest absolute Gasteiger partial charge is 0.396 e. The monoisotopic (exact) mass is 1330 g/mol. The van der Waals surface area contributed by atoms with Gasteiger partial charge in [0.05, 0.1) is 24.4 Å². The average molecular weight is 1330 g/mol. The summed E-state index contributed by atoms with van der Waals surface area (Å²) in [6.45, 7) is 7.03. The highest BCUT2D eigenvalue weighted by Gasteiger charge is 2.37. The Morgan fingerprint density at radius 1 is 0.309 bits per heavy atom. The quantitative estimate of drug-likeness (QED) is 0.0272. The van der Waals surface area contributed by atoms with Crippen molar-refractivity contribution in [3.63, 3.8) is 0 Å². The van der Waals surface area contributed by atoms with Crippen LogP contribution in [0.1, 0.15) is 419 Å². The van der Waals surface area contributed by atoms with Gasteiger partial charge < -0.3 is 41.5 Å². The number of nitrogens with one attached hydrogen (secondary N) is 3. The predicted octanol–water partition coefficient (Wildman–Crippen LogP) is 19.8. The fraction of sp³-hybridized carbons (Fsp3) is 0.951.